The Hall–Kier alpha value is -0.0300. The van der Waals surface area contributed by atoms with Gasteiger partial charge in [-0.2, -0.15) is 0 Å². The standard InChI is InChI=1S/C8H14N2OS2/c11-13-5-1-7(2-6-13)10-8-9-3-4-12-8/h7H,1-6H2,(H,9,10). The maximum Gasteiger partial charge on any atom is 0.156 e. The number of amidine groups is 1. The van der Waals surface area contributed by atoms with E-state index in [9.17, 15) is 4.21 Å². The van der Waals surface area contributed by atoms with Gasteiger partial charge in [0.1, 0.15) is 0 Å². The van der Waals surface area contributed by atoms with Crippen LogP contribution in [-0.4, -0.2) is 39.2 Å². The first-order valence-corrected chi connectivity index (χ1v) is 7.11. The summed E-state index contributed by atoms with van der Waals surface area (Å²) in [5.74, 6) is 2.83. The molecule has 5 heteroatoms. The largest absolute Gasteiger partial charge is 0.362 e. The lowest BCUT2D eigenvalue weighted by Gasteiger charge is -2.22. The Kier molecular flexibility index (Phi) is 3.27. The lowest BCUT2D eigenvalue weighted by molar-refractivity contribution is 0.554. The Morgan fingerprint density at radius 1 is 1.46 bits per heavy atom. The first-order chi connectivity index (χ1) is 6.34. The molecule has 2 rings (SSSR count). The van der Waals surface area contributed by atoms with E-state index in [2.05, 4.69) is 10.3 Å². The molecule has 13 heavy (non-hydrogen) atoms. The molecular weight excluding hydrogens is 204 g/mol. The Morgan fingerprint density at radius 2 is 2.23 bits per heavy atom. The summed E-state index contributed by atoms with van der Waals surface area (Å²) in [5, 5.41) is 4.51. The summed E-state index contributed by atoms with van der Waals surface area (Å²) in [6.07, 6.45) is 2.07. The van der Waals surface area contributed by atoms with Crippen molar-refractivity contribution in [3.8, 4) is 0 Å². The number of aliphatic imine (C=N–C) groups is 1. The SMILES string of the molecule is O=S1CCC(NC2=NCCS2)CC1. The molecule has 0 radical (unpaired) electrons. The predicted octanol–water partition coefficient (Wildman–Crippen LogP) is 0.590. The van der Waals surface area contributed by atoms with Gasteiger partial charge in [-0.15, -0.1) is 0 Å². The van der Waals surface area contributed by atoms with Gasteiger partial charge in [0.15, 0.2) is 5.17 Å². The van der Waals surface area contributed by atoms with Crippen molar-refractivity contribution in [2.75, 3.05) is 23.8 Å². The van der Waals surface area contributed by atoms with E-state index in [4.69, 9.17) is 0 Å². The Morgan fingerprint density at radius 3 is 2.85 bits per heavy atom. The number of nitrogens with zero attached hydrogens (tertiary/aromatic N) is 1. The lowest BCUT2D eigenvalue weighted by Crippen LogP contribution is -2.37. The highest BCUT2D eigenvalue weighted by molar-refractivity contribution is 8.14. The number of thioether (sulfide) groups is 1. The van der Waals surface area contributed by atoms with Crippen LogP contribution in [0.4, 0.5) is 0 Å². The molecule has 3 nitrogen and oxygen atoms in total. The van der Waals surface area contributed by atoms with Crippen LogP contribution in [0.2, 0.25) is 0 Å². The molecule has 0 bridgehead atoms. The minimum absolute atomic E-state index is 0.516. The molecule has 1 N–H and O–H groups in total. The minimum Gasteiger partial charge on any atom is -0.362 e. The number of nitrogens with one attached hydrogen (secondary N) is 1. The third-order valence-corrected chi connectivity index (χ3v) is 4.59. The third kappa shape index (κ3) is 2.71. The second-order valence-corrected chi connectivity index (χ2v) is 6.08. The van der Waals surface area contributed by atoms with Gasteiger partial charge < -0.3 is 5.32 Å². The number of hydrogen-bond acceptors (Lipinski definition) is 4. The topological polar surface area (TPSA) is 41.5 Å². The molecule has 1 fully saturated rings. The van der Waals surface area contributed by atoms with Crippen molar-refractivity contribution in [3.05, 3.63) is 0 Å². The molecule has 0 unspecified atom stereocenters. The van der Waals surface area contributed by atoms with E-state index >= 15 is 0 Å². The third-order valence-electron chi connectivity index (χ3n) is 2.30. The fraction of sp³-hybridized carbons (Fsp3) is 0.875. The second-order valence-electron chi connectivity index (χ2n) is 3.30. The minimum atomic E-state index is -0.551. The van der Waals surface area contributed by atoms with Crippen LogP contribution in [0.25, 0.3) is 0 Å². The average molecular weight is 218 g/mol. The van der Waals surface area contributed by atoms with Crippen LogP contribution in [0.3, 0.4) is 0 Å². The van der Waals surface area contributed by atoms with Crippen molar-refractivity contribution in [1.82, 2.24) is 5.32 Å². The van der Waals surface area contributed by atoms with Crippen molar-refractivity contribution < 1.29 is 4.21 Å². The van der Waals surface area contributed by atoms with Crippen molar-refractivity contribution in [2.45, 2.75) is 18.9 Å². The van der Waals surface area contributed by atoms with Crippen molar-refractivity contribution in [3.63, 3.8) is 0 Å². The highest BCUT2D eigenvalue weighted by Crippen LogP contribution is 2.14. The van der Waals surface area contributed by atoms with E-state index in [1.807, 2.05) is 0 Å². The smallest absolute Gasteiger partial charge is 0.156 e. The fourth-order valence-corrected chi connectivity index (χ4v) is 3.64. The van der Waals surface area contributed by atoms with Crippen molar-refractivity contribution >= 4 is 27.7 Å². The Bertz CT molecular complexity index is 232. The summed E-state index contributed by atoms with van der Waals surface area (Å²) in [6, 6.07) is 0.516. The highest BCUT2D eigenvalue weighted by Gasteiger charge is 2.19. The molecule has 0 saturated carbocycles. The molecule has 2 aliphatic rings. The highest BCUT2D eigenvalue weighted by atomic mass is 32.2. The molecule has 0 aromatic carbocycles. The van der Waals surface area contributed by atoms with E-state index in [0.29, 0.717) is 6.04 Å². The predicted molar refractivity (Wildman–Crippen MR) is 58.8 cm³/mol. The molecule has 2 aliphatic heterocycles. The summed E-state index contributed by atoms with van der Waals surface area (Å²) < 4.78 is 11.1. The normalized spacial score (nSPS) is 34.3. The van der Waals surface area contributed by atoms with E-state index in [0.717, 1.165) is 41.8 Å². The van der Waals surface area contributed by atoms with Crippen LogP contribution in [0.15, 0.2) is 4.99 Å². The summed E-state index contributed by atoms with van der Waals surface area (Å²) in [5.41, 5.74) is 0. The van der Waals surface area contributed by atoms with Crippen LogP contribution in [0.1, 0.15) is 12.8 Å². The van der Waals surface area contributed by atoms with Crippen molar-refractivity contribution in [2.24, 2.45) is 4.99 Å². The maximum atomic E-state index is 11.1. The zero-order valence-electron chi connectivity index (χ0n) is 7.49. The first-order valence-electron chi connectivity index (χ1n) is 4.63. The van der Waals surface area contributed by atoms with E-state index in [1.165, 1.54) is 0 Å². The van der Waals surface area contributed by atoms with Crippen LogP contribution in [0.5, 0.6) is 0 Å². The van der Waals surface area contributed by atoms with Gasteiger partial charge >= 0.3 is 0 Å². The summed E-state index contributed by atoms with van der Waals surface area (Å²) in [7, 11) is -0.551. The van der Waals surface area contributed by atoms with Gasteiger partial charge in [0.25, 0.3) is 0 Å². The molecular formula is C8H14N2OS2. The average Bonchev–Trinajstić information content (AvgIpc) is 2.62. The second kappa shape index (κ2) is 4.46. The van der Waals surface area contributed by atoms with Gasteiger partial charge in [-0.25, -0.2) is 0 Å². The molecule has 74 valence electrons. The number of rotatable bonds is 1. The lowest BCUT2D eigenvalue weighted by atomic mass is 10.2. The molecule has 0 spiro atoms. The quantitative estimate of drug-likeness (QED) is 0.700. The van der Waals surface area contributed by atoms with Gasteiger partial charge in [0, 0.05) is 34.1 Å². The zero-order chi connectivity index (χ0) is 9.10. The Balaban J connectivity index is 1.78. The zero-order valence-corrected chi connectivity index (χ0v) is 9.12. The maximum absolute atomic E-state index is 11.1. The van der Waals surface area contributed by atoms with Crippen molar-refractivity contribution in [1.29, 1.82) is 0 Å². The molecule has 0 amide bonds. The summed E-state index contributed by atoms with van der Waals surface area (Å²) in [6.45, 7) is 0.950. The van der Waals surface area contributed by atoms with Gasteiger partial charge in [0.05, 0.1) is 6.54 Å². The van der Waals surface area contributed by atoms with Crippen LogP contribution < -0.4 is 5.32 Å². The van der Waals surface area contributed by atoms with Gasteiger partial charge in [-0.1, -0.05) is 11.8 Å². The fourth-order valence-electron chi connectivity index (χ4n) is 1.54. The molecule has 0 aromatic heterocycles. The molecule has 1 saturated heterocycles. The molecule has 0 atom stereocenters. The van der Waals surface area contributed by atoms with Crippen LogP contribution in [-0.2, 0) is 10.8 Å². The molecule has 0 aromatic rings. The Labute approximate surface area is 85.2 Å². The van der Waals surface area contributed by atoms with Gasteiger partial charge in [-0.3, -0.25) is 9.20 Å². The van der Waals surface area contributed by atoms with Gasteiger partial charge in [-0.05, 0) is 12.8 Å². The first kappa shape index (κ1) is 9.52. The van der Waals surface area contributed by atoms with Crippen LogP contribution in [0, 0.1) is 0 Å². The van der Waals surface area contributed by atoms with Crippen LogP contribution >= 0.6 is 11.8 Å². The monoisotopic (exact) mass is 218 g/mol. The van der Waals surface area contributed by atoms with E-state index in [1.54, 1.807) is 11.8 Å². The molecule has 2 heterocycles. The van der Waals surface area contributed by atoms with E-state index in [-0.39, 0.29) is 0 Å². The van der Waals surface area contributed by atoms with Gasteiger partial charge in [0.2, 0.25) is 0 Å². The number of hydrogen-bond donors (Lipinski definition) is 1. The van der Waals surface area contributed by atoms with E-state index < -0.39 is 10.8 Å². The summed E-state index contributed by atoms with van der Waals surface area (Å²) >= 11 is 1.80. The molecule has 0 aliphatic carbocycles. The summed E-state index contributed by atoms with van der Waals surface area (Å²) in [4.78, 5) is 4.34.